The van der Waals surface area contributed by atoms with E-state index in [4.69, 9.17) is 11.6 Å². The molecule has 1 aromatic rings. The Morgan fingerprint density at radius 2 is 1.33 bits per heavy atom. The fraction of sp³-hybridized carbons (Fsp3) is 0.250. The molecule has 0 N–H and O–H groups in total. The van der Waals surface area contributed by atoms with Gasteiger partial charge in [0.2, 0.25) is 0 Å². The van der Waals surface area contributed by atoms with Crippen LogP contribution >= 0.6 is 11.6 Å². The molecule has 0 bridgehead atoms. The summed E-state index contributed by atoms with van der Waals surface area (Å²) in [6.07, 6.45) is 0. The van der Waals surface area contributed by atoms with E-state index >= 15 is 0 Å². The molecule has 0 amide bonds. The third-order valence-electron chi connectivity index (χ3n) is 2.40. The molecule has 0 aliphatic carbocycles. The first-order chi connectivity index (χ1) is 10.4. The van der Waals surface area contributed by atoms with E-state index in [0.29, 0.717) is 0 Å². The van der Waals surface area contributed by atoms with Gasteiger partial charge in [-0.1, -0.05) is 11.6 Å². The van der Waals surface area contributed by atoms with Crippen LogP contribution in [0.5, 0.6) is 0 Å². The van der Waals surface area contributed by atoms with Crippen molar-refractivity contribution in [2.24, 2.45) is 0 Å². The zero-order valence-electron chi connectivity index (χ0n) is 10.5. The molecule has 24 heavy (non-hydrogen) atoms. The number of benzene rings is 1. The lowest BCUT2D eigenvalue weighted by atomic mass is 10.3. The van der Waals surface area contributed by atoms with Crippen LogP contribution in [-0.4, -0.2) is 32.8 Å². The number of nitrogens with zero attached hydrogens (tertiary/aromatic N) is 1. The van der Waals surface area contributed by atoms with Crippen LogP contribution in [0.1, 0.15) is 0 Å². The van der Waals surface area contributed by atoms with Crippen molar-refractivity contribution >= 4 is 37.0 Å². The first-order valence-electron chi connectivity index (χ1n) is 5.05. The van der Waals surface area contributed by atoms with Gasteiger partial charge < -0.3 is 0 Å². The van der Waals surface area contributed by atoms with Gasteiger partial charge in [0.1, 0.15) is 9.92 Å². The van der Waals surface area contributed by atoms with Crippen molar-refractivity contribution in [2.45, 2.75) is 20.8 Å². The molecule has 0 heterocycles. The van der Waals surface area contributed by atoms with Gasteiger partial charge >= 0.3 is 11.0 Å². The van der Waals surface area contributed by atoms with Crippen LogP contribution in [0.15, 0.2) is 21.9 Å². The Labute approximate surface area is 133 Å². The summed E-state index contributed by atoms with van der Waals surface area (Å²) in [5.41, 5.74) is -13.9. The van der Waals surface area contributed by atoms with E-state index in [-0.39, 0.29) is 6.07 Å². The van der Waals surface area contributed by atoms with Crippen LogP contribution in [0.25, 0.3) is 0 Å². The molecule has 0 aliphatic rings. The lowest BCUT2D eigenvalue weighted by molar-refractivity contribution is -0.385. The lowest BCUT2D eigenvalue weighted by Gasteiger charge is -2.13. The van der Waals surface area contributed by atoms with Crippen molar-refractivity contribution in [2.75, 3.05) is 0 Å². The highest BCUT2D eigenvalue weighted by molar-refractivity contribution is 7.93. The Morgan fingerprint density at radius 1 is 0.917 bits per heavy atom. The van der Waals surface area contributed by atoms with Gasteiger partial charge in [-0.15, -0.1) is 0 Å². The molecule has 0 radical (unpaired) electrons. The first-order valence-corrected chi connectivity index (χ1v) is 8.39. The molecule has 0 fully saturated rings. The highest BCUT2D eigenvalue weighted by Crippen LogP contribution is 2.42. The number of hydrogen-bond acceptors (Lipinski definition) is 6. The third-order valence-corrected chi connectivity index (χ3v) is 5.88. The van der Waals surface area contributed by atoms with E-state index < -0.39 is 62.2 Å². The molecule has 1 aromatic carbocycles. The molecule has 0 saturated carbocycles. The van der Waals surface area contributed by atoms with Gasteiger partial charge in [0.15, 0.2) is 0 Å². The molecule has 0 aliphatic heterocycles. The molecule has 0 saturated heterocycles. The van der Waals surface area contributed by atoms with E-state index in [2.05, 4.69) is 0 Å². The Balaban J connectivity index is 4.00. The topological polar surface area (TPSA) is 111 Å². The molecule has 16 heteroatoms. The molecule has 7 nitrogen and oxygen atoms in total. The highest BCUT2D eigenvalue weighted by atomic mass is 35.5. The predicted octanol–water partition coefficient (Wildman–Crippen LogP) is 2.84. The Morgan fingerprint density at radius 3 is 1.67 bits per heavy atom. The highest BCUT2D eigenvalue weighted by Gasteiger charge is 2.52. The summed E-state index contributed by atoms with van der Waals surface area (Å²) in [6.45, 7) is 0. The van der Waals surface area contributed by atoms with E-state index in [1.807, 2.05) is 0 Å². The summed E-state index contributed by atoms with van der Waals surface area (Å²) in [4.78, 5) is 4.76. The van der Waals surface area contributed by atoms with Crippen LogP contribution in [0, 0.1) is 10.1 Å². The van der Waals surface area contributed by atoms with Crippen LogP contribution in [0.3, 0.4) is 0 Å². The van der Waals surface area contributed by atoms with Crippen LogP contribution in [0.2, 0.25) is 5.02 Å². The average molecular weight is 422 g/mol. The number of sulfone groups is 2. The van der Waals surface area contributed by atoms with Crippen molar-refractivity contribution in [3.8, 4) is 0 Å². The predicted molar refractivity (Wildman–Crippen MR) is 64.6 cm³/mol. The Hall–Kier alpha value is -1.61. The van der Waals surface area contributed by atoms with E-state index in [9.17, 15) is 53.3 Å². The lowest BCUT2D eigenvalue weighted by Crippen LogP contribution is -2.26. The molecule has 136 valence electrons. The number of nitro groups is 1. The summed E-state index contributed by atoms with van der Waals surface area (Å²) in [6, 6.07) is -0.832. The van der Waals surface area contributed by atoms with Gasteiger partial charge in [0.05, 0.1) is 9.82 Å². The third kappa shape index (κ3) is 3.27. The standard InChI is InChI=1S/C8H2ClF6NO6S2/c9-6-4(16(17)18)1-3(23(19,20)7(10,11)12)2-5(6)24(21,22)8(13,14)15/h1-2H. The number of halogens is 7. The fourth-order valence-electron chi connectivity index (χ4n) is 1.30. The second-order valence-electron chi connectivity index (χ2n) is 3.91. The number of hydrogen-bond donors (Lipinski definition) is 0. The fourth-order valence-corrected chi connectivity index (χ4v) is 3.54. The Kier molecular flexibility index (Phi) is 4.88. The molecule has 0 atom stereocenters. The molecule has 0 spiro atoms. The zero-order valence-corrected chi connectivity index (χ0v) is 12.9. The van der Waals surface area contributed by atoms with Gasteiger partial charge in [0, 0.05) is 6.07 Å². The maximum absolute atomic E-state index is 12.5. The number of nitro benzene ring substituents is 1. The Bertz CT molecular complexity index is 904. The van der Waals surface area contributed by atoms with Crippen molar-refractivity contribution in [1.29, 1.82) is 0 Å². The summed E-state index contributed by atoms with van der Waals surface area (Å²) in [5, 5.41) is 8.97. The minimum Gasteiger partial charge on any atom is -0.258 e. The average Bonchev–Trinajstić information content (AvgIpc) is 2.35. The van der Waals surface area contributed by atoms with Gasteiger partial charge in [-0.25, -0.2) is 16.8 Å². The van der Waals surface area contributed by atoms with Crippen LogP contribution in [0.4, 0.5) is 32.0 Å². The normalized spacial score (nSPS) is 13.8. The summed E-state index contributed by atoms with van der Waals surface area (Å²) in [7, 11) is -12.8. The molecular weight excluding hydrogens is 420 g/mol. The quantitative estimate of drug-likeness (QED) is 0.421. The SMILES string of the molecule is O=[N+]([O-])c1cc(S(=O)(=O)C(F)(F)F)cc(S(=O)(=O)C(F)(F)F)c1Cl. The second-order valence-corrected chi connectivity index (χ2v) is 8.14. The number of rotatable bonds is 3. The minimum atomic E-state index is -6.46. The molecular formula is C8H2ClF6NO6S2. The number of alkyl halides is 6. The van der Waals surface area contributed by atoms with Gasteiger partial charge in [-0.05, 0) is 6.07 Å². The van der Waals surface area contributed by atoms with Gasteiger partial charge in [0.25, 0.3) is 25.4 Å². The van der Waals surface area contributed by atoms with Crippen molar-refractivity contribution in [3.05, 3.63) is 27.3 Å². The smallest absolute Gasteiger partial charge is 0.258 e. The molecule has 0 aromatic heterocycles. The maximum Gasteiger partial charge on any atom is 0.501 e. The van der Waals surface area contributed by atoms with Gasteiger partial charge in [-0.3, -0.25) is 10.1 Å². The van der Waals surface area contributed by atoms with Crippen molar-refractivity contribution in [1.82, 2.24) is 0 Å². The van der Waals surface area contributed by atoms with E-state index in [1.54, 1.807) is 0 Å². The van der Waals surface area contributed by atoms with Crippen molar-refractivity contribution in [3.63, 3.8) is 0 Å². The molecule has 0 unspecified atom stereocenters. The summed E-state index contributed by atoms with van der Waals surface area (Å²) < 4.78 is 120. The van der Waals surface area contributed by atoms with E-state index in [1.165, 1.54) is 0 Å². The monoisotopic (exact) mass is 421 g/mol. The van der Waals surface area contributed by atoms with Crippen molar-refractivity contribution < 1.29 is 48.1 Å². The summed E-state index contributed by atoms with van der Waals surface area (Å²) in [5.74, 6) is 0. The molecule has 1 rings (SSSR count). The van der Waals surface area contributed by atoms with Crippen LogP contribution < -0.4 is 0 Å². The largest absolute Gasteiger partial charge is 0.501 e. The second kappa shape index (κ2) is 5.73. The maximum atomic E-state index is 12.5. The van der Waals surface area contributed by atoms with E-state index in [0.717, 1.165) is 0 Å². The van der Waals surface area contributed by atoms with Gasteiger partial charge in [-0.2, -0.15) is 26.3 Å². The zero-order chi connectivity index (χ0) is 19.3. The van der Waals surface area contributed by atoms with Crippen LogP contribution in [-0.2, 0) is 19.7 Å². The first kappa shape index (κ1) is 20.4. The minimum absolute atomic E-state index is 0.291. The summed E-state index contributed by atoms with van der Waals surface area (Å²) >= 11 is 5.13.